The molecule has 1 heterocycles. The van der Waals surface area contributed by atoms with Gasteiger partial charge in [0, 0.05) is 0 Å². The molecule has 0 saturated carbocycles. The van der Waals surface area contributed by atoms with Crippen LogP contribution in [0, 0.1) is 11.3 Å². The Morgan fingerprint density at radius 1 is 1.35 bits per heavy atom. The third-order valence-corrected chi connectivity index (χ3v) is 2.29. The number of nitrogens with one attached hydrogen (secondary N) is 4. The number of imide groups is 2. The summed E-state index contributed by atoms with van der Waals surface area (Å²) in [4.78, 5) is 34.6. The van der Waals surface area contributed by atoms with E-state index in [1.807, 2.05) is 10.6 Å². The van der Waals surface area contributed by atoms with E-state index in [0.29, 0.717) is 0 Å². The smallest absolute Gasteiger partial charge is 0.328 e. The van der Waals surface area contributed by atoms with E-state index in [2.05, 4.69) is 5.32 Å². The monoisotopic (exact) mass is 241 g/mol. The Morgan fingerprint density at radius 3 is 2.18 bits per heavy atom. The average Bonchev–Trinajstić information content (AvgIpc) is 2.12. The lowest BCUT2D eigenvalue weighted by atomic mass is 9.86. The minimum atomic E-state index is -1.70. The Morgan fingerprint density at radius 2 is 1.82 bits per heavy atom. The van der Waals surface area contributed by atoms with Crippen molar-refractivity contribution in [1.29, 1.82) is 5.41 Å². The van der Waals surface area contributed by atoms with Crippen molar-refractivity contribution >= 4 is 23.8 Å². The van der Waals surface area contributed by atoms with E-state index >= 15 is 0 Å². The van der Waals surface area contributed by atoms with Gasteiger partial charge in [-0.15, -0.1) is 0 Å². The largest absolute Gasteiger partial charge is 0.370 e. The van der Waals surface area contributed by atoms with Crippen LogP contribution in [0.1, 0.15) is 20.3 Å². The predicted octanol–water partition coefficient (Wildman–Crippen LogP) is -1.38. The maximum Gasteiger partial charge on any atom is 0.328 e. The zero-order valence-electron chi connectivity index (χ0n) is 9.59. The fraction of sp³-hybridized carbons (Fsp3) is 0.556. The highest BCUT2D eigenvalue weighted by Gasteiger charge is 2.51. The first-order valence-electron chi connectivity index (χ1n) is 5.07. The second-order valence-corrected chi connectivity index (χ2v) is 4.28. The Balaban J connectivity index is 3.10. The average molecular weight is 241 g/mol. The molecule has 8 heteroatoms. The predicted molar refractivity (Wildman–Crippen MR) is 58.9 cm³/mol. The minimum Gasteiger partial charge on any atom is -0.370 e. The number of rotatable bonds is 3. The van der Waals surface area contributed by atoms with E-state index in [-0.39, 0.29) is 12.3 Å². The van der Waals surface area contributed by atoms with Gasteiger partial charge in [-0.25, -0.2) is 4.79 Å². The van der Waals surface area contributed by atoms with E-state index in [9.17, 15) is 14.4 Å². The van der Waals surface area contributed by atoms with Gasteiger partial charge < -0.3 is 11.1 Å². The number of guanidine groups is 1. The van der Waals surface area contributed by atoms with Gasteiger partial charge in [0.15, 0.2) is 11.5 Å². The first-order valence-corrected chi connectivity index (χ1v) is 5.07. The molecule has 1 fully saturated rings. The molecule has 1 aliphatic heterocycles. The molecule has 0 radical (unpaired) electrons. The van der Waals surface area contributed by atoms with E-state index < -0.39 is 29.3 Å². The van der Waals surface area contributed by atoms with Crippen LogP contribution in [0.25, 0.3) is 0 Å². The van der Waals surface area contributed by atoms with Gasteiger partial charge in [0.25, 0.3) is 11.8 Å². The van der Waals surface area contributed by atoms with Crippen LogP contribution in [0.2, 0.25) is 0 Å². The molecule has 0 aromatic carbocycles. The zero-order valence-corrected chi connectivity index (χ0v) is 9.59. The number of nitrogens with two attached hydrogens (primary N) is 1. The third-order valence-electron chi connectivity index (χ3n) is 2.29. The van der Waals surface area contributed by atoms with Crippen LogP contribution in [-0.4, -0.2) is 29.3 Å². The number of urea groups is 1. The molecule has 17 heavy (non-hydrogen) atoms. The molecule has 1 rings (SSSR count). The molecular formula is C9H15N5O3. The second kappa shape index (κ2) is 4.40. The quantitative estimate of drug-likeness (QED) is 0.235. The Bertz CT molecular complexity index is 370. The standard InChI is InChI=1S/C9H15N5O3/c1-4(2)3-9(14-7(10)11)5(15)12-8(17)13-6(9)16/h4H,3H2,1-2H3,(H4,10,11,14)(H2,12,13,15,16,17). The molecule has 0 aliphatic carbocycles. The maximum absolute atomic E-state index is 11.8. The van der Waals surface area contributed by atoms with Crippen LogP contribution < -0.4 is 21.7 Å². The summed E-state index contributed by atoms with van der Waals surface area (Å²) in [6, 6.07) is -0.871. The van der Waals surface area contributed by atoms with Crippen molar-refractivity contribution in [3.63, 3.8) is 0 Å². The summed E-state index contributed by atoms with van der Waals surface area (Å²) in [5, 5.41) is 13.5. The van der Waals surface area contributed by atoms with Gasteiger partial charge in [-0.1, -0.05) is 13.8 Å². The molecule has 0 unspecified atom stereocenters. The highest BCUT2D eigenvalue weighted by molar-refractivity contribution is 6.23. The lowest BCUT2D eigenvalue weighted by molar-refractivity contribution is -0.139. The first-order chi connectivity index (χ1) is 7.78. The normalized spacial score (nSPS) is 18.6. The fourth-order valence-electron chi connectivity index (χ4n) is 1.75. The lowest BCUT2D eigenvalue weighted by Crippen LogP contribution is -2.74. The van der Waals surface area contributed by atoms with Gasteiger partial charge in [-0.2, -0.15) is 0 Å². The molecule has 4 amide bonds. The van der Waals surface area contributed by atoms with E-state index in [4.69, 9.17) is 11.1 Å². The number of hydrogen-bond donors (Lipinski definition) is 5. The van der Waals surface area contributed by atoms with Gasteiger partial charge in [-0.3, -0.25) is 25.6 Å². The Labute approximate surface area is 97.8 Å². The van der Waals surface area contributed by atoms with Crippen LogP contribution in [0.15, 0.2) is 0 Å². The van der Waals surface area contributed by atoms with Crippen molar-refractivity contribution in [3.8, 4) is 0 Å². The molecule has 0 aromatic heterocycles. The highest BCUT2D eigenvalue weighted by Crippen LogP contribution is 2.19. The van der Waals surface area contributed by atoms with Gasteiger partial charge in [-0.05, 0) is 12.3 Å². The van der Waals surface area contributed by atoms with Crippen molar-refractivity contribution in [2.75, 3.05) is 0 Å². The SMILES string of the molecule is CC(C)CC1(NC(=N)N)C(=O)NC(=O)NC1=O. The summed E-state index contributed by atoms with van der Waals surface area (Å²) >= 11 is 0. The van der Waals surface area contributed by atoms with Gasteiger partial charge in [0.05, 0.1) is 0 Å². The summed E-state index contributed by atoms with van der Waals surface area (Å²) in [5.41, 5.74) is 3.47. The topological polar surface area (TPSA) is 137 Å². The van der Waals surface area contributed by atoms with Crippen LogP contribution in [0.3, 0.4) is 0 Å². The summed E-state index contributed by atoms with van der Waals surface area (Å²) in [5.74, 6) is -2.11. The summed E-state index contributed by atoms with van der Waals surface area (Å²) < 4.78 is 0. The zero-order chi connectivity index (χ0) is 13.2. The number of barbiturate groups is 1. The molecule has 94 valence electrons. The first kappa shape index (κ1) is 12.9. The van der Waals surface area contributed by atoms with Gasteiger partial charge in [0.2, 0.25) is 0 Å². The number of carbonyl (C=O) groups excluding carboxylic acids is 3. The third kappa shape index (κ3) is 2.52. The molecule has 0 atom stereocenters. The molecule has 1 aliphatic rings. The van der Waals surface area contributed by atoms with Crippen molar-refractivity contribution < 1.29 is 14.4 Å². The van der Waals surface area contributed by atoms with Gasteiger partial charge >= 0.3 is 6.03 Å². The van der Waals surface area contributed by atoms with Crippen LogP contribution >= 0.6 is 0 Å². The van der Waals surface area contributed by atoms with Crippen LogP contribution in [-0.2, 0) is 9.59 Å². The highest BCUT2D eigenvalue weighted by atomic mass is 16.2. The molecule has 1 saturated heterocycles. The summed E-state index contributed by atoms with van der Waals surface area (Å²) in [7, 11) is 0. The van der Waals surface area contributed by atoms with Crippen molar-refractivity contribution in [3.05, 3.63) is 0 Å². The Hall–Kier alpha value is -2.12. The molecule has 0 aromatic rings. The number of amides is 4. The fourth-order valence-corrected chi connectivity index (χ4v) is 1.75. The summed E-state index contributed by atoms with van der Waals surface area (Å²) in [6.07, 6.45) is 0.123. The molecule has 0 spiro atoms. The van der Waals surface area contributed by atoms with Crippen molar-refractivity contribution in [2.24, 2.45) is 11.7 Å². The molecule has 8 nitrogen and oxygen atoms in total. The maximum atomic E-state index is 11.8. The molecular weight excluding hydrogens is 226 g/mol. The van der Waals surface area contributed by atoms with Crippen LogP contribution in [0.5, 0.6) is 0 Å². The Kier molecular flexibility index (Phi) is 3.35. The van der Waals surface area contributed by atoms with Crippen LogP contribution in [0.4, 0.5) is 4.79 Å². The molecule has 6 N–H and O–H groups in total. The lowest BCUT2D eigenvalue weighted by Gasteiger charge is -2.35. The van der Waals surface area contributed by atoms with Gasteiger partial charge in [0.1, 0.15) is 0 Å². The van der Waals surface area contributed by atoms with E-state index in [1.54, 1.807) is 13.8 Å². The summed E-state index contributed by atoms with van der Waals surface area (Å²) in [6.45, 7) is 3.61. The number of carbonyl (C=O) groups is 3. The van der Waals surface area contributed by atoms with E-state index in [0.717, 1.165) is 0 Å². The number of hydrogen-bond acceptors (Lipinski definition) is 4. The molecule has 0 bridgehead atoms. The van der Waals surface area contributed by atoms with Crippen molar-refractivity contribution in [1.82, 2.24) is 16.0 Å². The van der Waals surface area contributed by atoms with E-state index in [1.165, 1.54) is 0 Å². The minimum absolute atomic E-state index is 0.00782. The van der Waals surface area contributed by atoms with Crippen molar-refractivity contribution in [2.45, 2.75) is 25.8 Å². The second-order valence-electron chi connectivity index (χ2n) is 4.28.